The summed E-state index contributed by atoms with van der Waals surface area (Å²) in [4.78, 5) is 27.3. The van der Waals surface area contributed by atoms with Gasteiger partial charge < -0.3 is 27.2 Å². The van der Waals surface area contributed by atoms with Gasteiger partial charge in [-0.3, -0.25) is 9.79 Å². The van der Waals surface area contributed by atoms with E-state index in [4.69, 9.17) is 23.7 Å². The van der Waals surface area contributed by atoms with Crippen LogP contribution < -0.4 is 22.1 Å². The number of thiocarbonyl (C=S) groups is 1. The number of carboxylic acids is 1. The minimum atomic E-state index is -1.11. The molecule has 0 radical (unpaired) electrons. The molecule has 0 aliphatic rings. The lowest BCUT2D eigenvalue weighted by atomic mass is 10.1. The van der Waals surface area contributed by atoms with Crippen LogP contribution >= 0.6 is 24.0 Å². The molecule has 0 unspecified atom stereocenters. The Kier molecular flexibility index (Phi) is 10.2. The zero-order chi connectivity index (χ0) is 20.2. The predicted molar refractivity (Wildman–Crippen MR) is 112 cm³/mol. The molecule has 0 fully saturated rings. The number of thioether (sulfide) groups is 1. The number of aliphatic imine (C=N–C) groups is 1. The van der Waals surface area contributed by atoms with Crippen LogP contribution in [0.3, 0.4) is 0 Å². The van der Waals surface area contributed by atoms with E-state index in [9.17, 15) is 14.7 Å². The van der Waals surface area contributed by atoms with E-state index in [-0.39, 0.29) is 12.4 Å². The highest BCUT2D eigenvalue weighted by atomic mass is 32.2. The molecule has 27 heavy (non-hydrogen) atoms. The van der Waals surface area contributed by atoms with Gasteiger partial charge in [0.25, 0.3) is 0 Å². The van der Waals surface area contributed by atoms with Gasteiger partial charge in [-0.2, -0.15) is 0 Å². The lowest BCUT2D eigenvalue weighted by Gasteiger charge is -2.19. The van der Waals surface area contributed by atoms with Crippen LogP contribution in [0.2, 0.25) is 0 Å². The Bertz CT molecular complexity index is 666. The van der Waals surface area contributed by atoms with Crippen molar-refractivity contribution in [1.82, 2.24) is 10.6 Å². The molecule has 0 aliphatic heterocycles. The highest BCUT2D eigenvalue weighted by Crippen LogP contribution is 2.13. The fourth-order valence-electron chi connectivity index (χ4n) is 2.06. The van der Waals surface area contributed by atoms with Crippen molar-refractivity contribution in [2.45, 2.75) is 37.6 Å². The minimum Gasteiger partial charge on any atom is -0.480 e. The molecule has 0 bridgehead atoms. The number of hydrogen-bond donors (Lipinski definition) is 5. The second kappa shape index (κ2) is 12.1. The minimum absolute atomic E-state index is 0.0507. The first-order chi connectivity index (χ1) is 12.8. The largest absolute Gasteiger partial charge is 0.480 e. The lowest BCUT2D eigenvalue weighted by molar-refractivity contribution is -0.142. The fourth-order valence-corrected chi connectivity index (χ4v) is 3.17. The van der Waals surface area contributed by atoms with Gasteiger partial charge in [-0.1, -0.05) is 54.3 Å². The third kappa shape index (κ3) is 9.80. The van der Waals surface area contributed by atoms with Gasteiger partial charge in [0.15, 0.2) is 5.96 Å². The van der Waals surface area contributed by atoms with Crippen LogP contribution in [0, 0.1) is 0 Å². The zero-order valence-corrected chi connectivity index (χ0v) is 16.7. The van der Waals surface area contributed by atoms with Crippen LogP contribution in [0.1, 0.15) is 25.3 Å². The van der Waals surface area contributed by atoms with Crippen molar-refractivity contribution in [2.24, 2.45) is 16.5 Å². The van der Waals surface area contributed by atoms with Crippen molar-refractivity contribution >= 4 is 46.1 Å². The molecule has 1 aromatic rings. The van der Waals surface area contributed by atoms with Crippen molar-refractivity contribution in [2.75, 3.05) is 6.54 Å². The summed E-state index contributed by atoms with van der Waals surface area (Å²) in [6.45, 7) is 1.93. The Morgan fingerprint density at radius 1 is 1.26 bits per heavy atom. The van der Waals surface area contributed by atoms with Gasteiger partial charge in [0.1, 0.15) is 16.4 Å². The Morgan fingerprint density at radius 2 is 1.93 bits per heavy atom. The molecule has 10 heteroatoms. The maximum absolute atomic E-state index is 12.2. The zero-order valence-electron chi connectivity index (χ0n) is 15.1. The molecule has 1 amide bonds. The molecule has 148 valence electrons. The summed E-state index contributed by atoms with van der Waals surface area (Å²) in [6, 6.07) is 8.15. The number of nitrogens with two attached hydrogens (primary N) is 2. The van der Waals surface area contributed by atoms with Crippen molar-refractivity contribution in [1.29, 1.82) is 0 Å². The molecular formula is C17H25N5O3S2. The van der Waals surface area contributed by atoms with E-state index >= 15 is 0 Å². The number of carbonyl (C=O) groups is 2. The average Bonchev–Trinajstić information content (AvgIpc) is 2.62. The molecule has 7 N–H and O–H groups in total. The van der Waals surface area contributed by atoms with Crippen LogP contribution in [-0.4, -0.2) is 45.9 Å². The third-order valence-corrected chi connectivity index (χ3v) is 4.83. The van der Waals surface area contributed by atoms with Gasteiger partial charge in [0.05, 0.1) is 0 Å². The van der Waals surface area contributed by atoms with E-state index in [1.807, 2.05) is 30.3 Å². The van der Waals surface area contributed by atoms with Gasteiger partial charge in [-0.05, 0) is 25.3 Å². The fraction of sp³-hybridized carbons (Fsp3) is 0.412. The van der Waals surface area contributed by atoms with Gasteiger partial charge in [0, 0.05) is 12.3 Å². The first-order valence-electron chi connectivity index (χ1n) is 8.35. The Morgan fingerprint density at radius 3 is 2.52 bits per heavy atom. The molecule has 8 nitrogen and oxygen atoms in total. The SMILES string of the molecule is C[C@H](NC(=S)SCc1ccccc1)C(=O)N[C@@H](CCCN=C(N)N)C(=O)O. The van der Waals surface area contributed by atoms with E-state index in [1.165, 1.54) is 11.8 Å². The highest BCUT2D eigenvalue weighted by Gasteiger charge is 2.23. The molecule has 0 saturated heterocycles. The molecule has 0 aliphatic carbocycles. The maximum atomic E-state index is 12.2. The van der Waals surface area contributed by atoms with Crippen LogP contribution in [0.5, 0.6) is 0 Å². The van der Waals surface area contributed by atoms with Gasteiger partial charge >= 0.3 is 5.97 Å². The normalized spacial score (nSPS) is 12.5. The van der Waals surface area contributed by atoms with Gasteiger partial charge in [-0.15, -0.1) is 0 Å². The van der Waals surface area contributed by atoms with Crippen LogP contribution in [-0.2, 0) is 15.3 Å². The number of amides is 1. The van der Waals surface area contributed by atoms with E-state index in [0.717, 1.165) is 5.56 Å². The maximum Gasteiger partial charge on any atom is 0.326 e. The third-order valence-electron chi connectivity index (χ3n) is 3.50. The summed E-state index contributed by atoms with van der Waals surface area (Å²) in [6.07, 6.45) is 0.653. The highest BCUT2D eigenvalue weighted by molar-refractivity contribution is 8.22. The van der Waals surface area contributed by atoms with Crippen molar-refractivity contribution in [3.63, 3.8) is 0 Å². The molecule has 2 atom stereocenters. The van der Waals surface area contributed by atoms with Gasteiger partial charge in [0.2, 0.25) is 5.91 Å². The van der Waals surface area contributed by atoms with Gasteiger partial charge in [-0.25, -0.2) is 4.79 Å². The molecule has 0 heterocycles. The lowest BCUT2D eigenvalue weighted by Crippen LogP contribution is -2.49. The summed E-state index contributed by atoms with van der Waals surface area (Å²) in [5.41, 5.74) is 11.6. The summed E-state index contributed by atoms with van der Waals surface area (Å²) in [7, 11) is 0. The second-order valence-electron chi connectivity index (χ2n) is 5.78. The van der Waals surface area contributed by atoms with E-state index in [2.05, 4.69) is 15.6 Å². The number of nitrogens with one attached hydrogen (secondary N) is 2. The first kappa shape index (κ1) is 22.7. The number of guanidine groups is 1. The number of nitrogens with zero attached hydrogens (tertiary/aromatic N) is 1. The predicted octanol–water partition coefficient (Wildman–Crippen LogP) is 0.806. The number of benzene rings is 1. The Balaban J connectivity index is 2.42. The number of aliphatic carboxylic acids is 1. The Hall–Kier alpha value is -2.33. The summed E-state index contributed by atoms with van der Waals surface area (Å²) in [5, 5.41) is 14.7. The molecule has 0 aromatic heterocycles. The summed E-state index contributed by atoms with van der Waals surface area (Å²) in [5.74, 6) is -0.915. The number of rotatable bonds is 10. The first-order valence-corrected chi connectivity index (χ1v) is 9.74. The van der Waals surface area contributed by atoms with Crippen LogP contribution in [0.15, 0.2) is 35.3 Å². The van der Waals surface area contributed by atoms with Crippen LogP contribution in [0.4, 0.5) is 0 Å². The second-order valence-corrected chi connectivity index (χ2v) is 7.43. The average molecular weight is 412 g/mol. The molecule has 0 saturated carbocycles. The molecule has 1 aromatic carbocycles. The van der Waals surface area contributed by atoms with Crippen molar-refractivity contribution < 1.29 is 14.7 Å². The number of carbonyl (C=O) groups excluding carboxylic acids is 1. The molecule has 0 spiro atoms. The van der Waals surface area contributed by atoms with E-state index in [1.54, 1.807) is 6.92 Å². The van der Waals surface area contributed by atoms with E-state index < -0.39 is 24.0 Å². The molecule has 1 rings (SSSR count). The molecular weight excluding hydrogens is 386 g/mol. The summed E-state index contributed by atoms with van der Waals surface area (Å²) < 4.78 is 0.473. The summed E-state index contributed by atoms with van der Waals surface area (Å²) >= 11 is 6.65. The monoisotopic (exact) mass is 411 g/mol. The van der Waals surface area contributed by atoms with Crippen molar-refractivity contribution in [3.8, 4) is 0 Å². The standard InChI is InChI=1S/C17H25N5O3S2/c1-11(21-17(26)27-10-12-6-3-2-4-7-12)14(23)22-13(15(24)25)8-5-9-20-16(18)19/h2-4,6-7,11,13H,5,8-10H2,1H3,(H,21,26)(H,22,23)(H,24,25)(H4,18,19,20)/t11-,13-/m0/s1. The topological polar surface area (TPSA) is 143 Å². The number of hydrogen-bond acceptors (Lipinski definition) is 5. The van der Waals surface area contributed by atoms with Crippen molar-refractivity contribution in [3.05, 3.63) is 35.9 Å². The smallest absolute Gasteiger partial charge is 0.326 e. The quantitative estimate of drug-likeness (QED) is 0.165. The number of carboxylic acid groups (broad SMARTS) is 1. The Labute approximate surface area is 168 Å². The van der Waals surface area contributed by atoms with Crippen LogP contribution in [0.25, 0.3) is 0 Å². The van der Waals surface area contributed by atoms with E-state index in [0.29, 0.717) is 23.0 Å².